The number of fused-ring (bicyclic) bond motifs is 6. The van der Waals surface area contributed by atoms with Gasteiger partial charge in [-0.05, 0) is 95.3 Å². The third-order valence-electron chi connectivity index (χ3n) is 13.9. The molecule has 65 heavy (non-hydrogen) atoms. The molecule has 0 unspecified atom stereocenters. The van der Waals surface area contributed by atoms with Crippen molar-refractivity contribution in [2.24, 2.45) is 23.7 Å². The summed E-state index contributed by atoms with van der Waals surface area (Å²) in [5.74, 6) is -4.03. The molecule has 4 heterocycles. The van der Waals surface area contributed by atoms with Gasteiger partial charge in [0.25, 0.3) is 5.92 Å². The molecule has 2 aliphatic heterocycles. The highest BCUT2D eigenvalue weighted by molar-refractivity contribution is 5.90. The molecule has 3 aromatic carbocycles. The molecule has 2 aromatic heterocycles. The van der Waals surface area contributed by atoms with E-state index in [1.165, 1.54) is 20.3 Å². The highest BCUT2D eigenvalue weighted by Crippen LogP contribution is 2.54. The van der Waals surface area contributed by atoms with Crippen LogP contribution in [-0.2, 0) is 25.0 Å². The molecule has 2 saturated heterocycles. The highest BCUT2D eigenvalue weighted by Gasteiger charge is 2.51. The Hall–Kier alpha value is -6.76. The maximum absolute atomic E-state index is 16.6. The zero-order valence-electron chi connectivity index (χ0n) is 37.1. The van der Waals surface area contributed by atoms with Gasteiger partial charge in [-0.2, -0.15) is 14.0 Å². The molecule has 16 heteroatoms. The zero-order valence-corrected chi connectivity index (χ0v) is 37.1. The predicted molar refractivity (Wildman–Crippen MR) is 237 cm³/mol. The number of aromatic amines is 2. The van der Waals surface area contributed by atoms with Crippen LogP contribution in [0, 0.1) is 35.0 Å². The van der Waals surface area contributed by atoms with Crippen molar-refractivity contribution in [3.05, 3.63) is 89.5 Å². The summed E-state index contributed by atoms with van der Waals surface area (Å²) in [6, 6.07) is 17.9. The first kappa shape index (κ1) is 43.5. The van der Waals surface area contributed by atoms with Crippen molar-refractivity contribution >= 4 is 34.9 Å². The lowest BCUT2D eigenvalue weighted by Gasteiger charge is -2.38. The summed E-state index contributed by atoms with van der Waals surface area (Å²) >= 11 is 0. The Labute approximate surface area is 375 Å². The first-order chi connectivity index (χ1) is 31.1. The molecule has 14 nitrogen and oxygen atoms in total. The molecule has 3 fully saturated rings. The summed E-state index contributed by atoms with van der Waals surface area (Å²) in [6.45, 7) is 7.54. The minimum absolute atomic E-state index is 0.0747. The van der Waals surface area contributed by atoms with Crippen LogP contribution in [0.25, 0.3) is 44.4 Å². The number of ether oxygens (including phenoxy) is 2. The number of benzene rings is 3. The van der Waals surface area contributed by atoms with Gasteiger partial charge in [0.2, 0.25) is 11.8 Å². The number of amides is 4. The van der Waals surface area contributed by atoms with Gasteiger partial charge in [0, 0.05) is 40.5 Å². The van der Waals surface area contributed by atoms with Crippen molar-refractivity contribution in [1.82, 2.24) is 35.4 Å². The number of hydrogen-bond donors (Lipinski definition) is 4. The number of methoxy groups -OCH3 is 2. The number of carbonyl (C=O) groups is 4. The van der Waals surface area contributed by atoms with Crippen molar-refractivity contribution in [3.8, 4) is 39.6 Å². The number of alkyl carbamates (subject to hydrolysis) is 2. The Balaban J connectivity index is 0.961. The summed E-state index contributed by atoms with van der Waals surface area (Å²) in [5, 5.41) is 16.1. The average Bonchev–Trinajstić information content (AvgIpc) is 4.17. The lowest BCUT2D eigenvalue weighted by atomic mass is 9.94. The molecule has 2 bridgehead atoms. The molecule has 9 rings (SSSR count). The van der Waals surface area contributed by atoms with E-state index in [1.54, 1.807) is 49.2 Å². The van der Waals surface area contributed by atoms with Crippen LogP contribution in [0.5, 0.6) is 0 Å². The molecular weight excluding hydrogens is 835 g/mol. The Kier molecular flexibility index (Phi) is 11.1. The van der Waals surface area contributed by atoms with Crippen LogP contribution in [0.2, 0.25) is 0 Å². The summed E-state index contributed by atoms with van der Waals surface area (Å²) in [7, 11) is 2.50. The monoisotopic (exact) mass is 886 g/mol. The summed E-state index contributed by atoms with van der Waals surface area (Å²) in [4.78, 5) is 67.1. The normalized spacial score (nSPS) is 22.4. The SMILES string of the molecule is COC(=O)N[C@H](C(=O)N1C[C@@H](C#N)C[C@H]1c1ncc(-c2ccc3c(c2)C(F)(F)c2cc(-c4ccc5cc([C@@H]6[C@H]7CC[C@H](C7)N6C(=O)[C@@H](NC(=O)OC)C(C)C)[nH]c5c4)ccc2-3)[nH]1)C(C)C. The first-order valence-corrected chi connectivity index (χ1v) is 22.2. The number of H-pyrrole nitrogens is 2. The number of hydrogen-bond acceptors (Lipinski definition) is 8. The molecule has 2 aliphatic carbocycles. The number of rotatable bonds is 10. The number of nitrogens with zero attached hydrogens (tertiary/aromatic N) is 4. The quantitative estimate of drug-likeness (QED) is 0.107. The molecule has 4 N–H and O–H groups in total. The third-order valence-corrected chi connectivity index (χ3v) is 13.9. The van der Waals surface area contributed by atoms with Crippen molar-refractivity contribution in [2.45, 2.75) is 89.5 Å². The van der Waals surface area contributed by atoms with E-state index in [0.717, 1.165) is 41.4 Å². The van der Waals surface area contributed by atoms with Crippen molar-refractivity contribution in [2.75, 3.05) is 20.8 Å². The second kappa shape index (κ2) is 16.7. The number of aromatic nitrogens is 3. The van der Waals surface area contributed by atoms with Gasteiger partial charge in [-0.3, -0.25) is 9.59 Å². The number of piperidine rings is 1. The van der Waals surface area contributed by atoms with Crippen molar-refractivity contribution < 1.29 is 37.4 Å². The van der Waals surface area contributed by atoms with Crippen LogP contribution >= 0.6 is 0 Å². The van der Waals surface area contributed by atoms with Crippen LogP contribution in [0.3, 0.4) is 0 Å². The topological polar surface area (TPSA) is 186 Å². The highest BCUT2D eigenvalue weighted by atomic mass is 19.3. The third kappa shape index (κ3) is 7.54. The molecule has 5 aromatic rings. The second-order valence-electron chi connectivity index (χ2n) is 18.5. The van der Waals surface area contributed by atoms with Crippen LogP contribution in [-0.4, -0.2) is 87.6 Å². The van der Waals surface area contributed by atoms with Gasteiger partial charge < -0.3 is 39.9 Å². The summed E-state index contributed by atoms with van der Waals surface area (Å²) < 4.78 is 42.9. The number of nitrogens with one attached hydrogen (secondary N) is 4. The minimum Gasteiger partial charge on any atom is -0.453 e. The molecule has 4 aliphatic rings. The molecule has 1 saturated carbocycles. The number of imidazole rings is 1. The first-order valence-electron chi connectivity index (χ1n) is 22.2. The Bertz CT molecular complexity index is 2760. The molecule has 7 atom stereocenters. The van der Waals surface area contributed by atoms with Gasteiger partial charge in [-0.1, -0.05) is 64.1 Å². The fourth-order valence-corrected chi connectivity index (χ4v) is 10.6. The number of nitriles is 1. The molecule has 0 radical (unpaired) electrons. The molecule has 4 amide bonds. The zero-order chi connectivity index (χ0) is 46.1. The van der Waals surface area contributed by atoms with E-state index < -0.39 is 42.2 Å². The Morgan fingerprint density at radius 2 is 1.43 bits per heavy atom. The Morgan fingerprint density at radius 1 is 0.815 bits per heavy atom. The van der Waals surface area contributed by atoms with Gasteiger partial charge >= 0.3 is 12.2 Å². The largest absolute Gasteiger partial charge is 0.453 e. The van der Waals surface area contributed by atoms with E-state index in [4.69, 9.17) is 9.47 Å². The van der Waals surface area contributed by atoms with Crippen LogP contribution < -0.4 is 10.6 Å². The lowest BCUT2D eigenvalue weighted by Crippen LogP contribution is -2.53. The van der Waals surface area contributed by atoms with Gasteiger partial charge in [0.05, 0.1) is 50.2 Å². The van der Waals surface area contributed by atoms with E-state index in [9.17, 15) is 24.4 Å². The van der Waals surface area contributed by atoms with Crippen molar-refractivity contribution in [3.63, 3.8) is 0 Å². The van der Waals surface area contributed by atoms with E-state index in [-0.39, 0.29) is 59.3 Å². The van der Waals surface area contributed by atoms with E-state index in [1.807, 2.05) is 43.0 Å². The summed E-state index contributed by atoms with van der Waals surface area (Å²) in [5.41, 5.74) is 4.72. The maximum Gasteiger partial charge on any atom is 0.407 e. The molecule has 0 spiro atoms. The smallest absolute Gasteiger partial charge is 0.407 e. The number of halogens is 2. The number of carbonyl (C=O) groups excluding carboxylic acids is 4. The standard InChI is InChI=1S/C49H52F2N8O6/c1-24(2)41(56-47(62)64-5)45(60)58-23-26(21-52)15-40(58)44-53-22-39(55-44)29-11-14-34-33-13-10-27(17-35(33)49(50,51)36(34)18-29)28-7-8-30-20-38(54-37(30)19-28)43-31-9-12-32(16-31)59(43)46(61)42(25(3)4)57-48(63)65-6/h7-8,10-11,13-14,17-20,22,24-26,31-32,40-43,54H,9,12,15-16,23H2,1-6H3,(H,53,55)(H,56,62)(H,57,63)/t26-,31+,32-,40+,41+,42+,43+/m1/s1. The van der Waals surface area contributed by atoms with Crippen molar-refractivity contribution in [1.29, 1.82) is 5.26 Å². The fraction of sp³-hybridized carbons (Fsp3) is 0.429. The second-order valence-corrected chi connectivity index (χ2v) is 18.5. The fourth-order valence-electron chi connectivity index (χ4n) is 10.6. The molecular formula is C49H52F2N8O6. The van der Waals surface area contributed by atoms with E-state index >= 15 is 8.78 Å². The summed E-state index contributed by atoms with van der Waals surface area (Å²) in [6.07, 6.45) is 3.26. The van der Waals surface area contributed by atoms with Gasteiger partial charge in [0.15, 0.2) is 0 Å². The van der Waals surface area contributed by atoms with Gasteiger partial charge in [-0.25, -0.2) is 14.6 Å². The number of likely N-dealkylation sites (tertiary alicyclic amines) is 2. The van der Waals surface area contributed by atoms with E-state index in [0.29, 0.717) is 40.2 Å². The number of alkyl halides is 2. The van der Waals surface area contributed by atoms with E-state index in [2.05, 4.69) is 37.7 Å². The van der Waals surface area contributed by atoms with Crippen LogP contribution in [0.4, 0.5) is 18.4 Å². The Morgan fingerprint density at radius 3 is 2.08 bits per heavy atom. The molecule has 338 valence electrons. The van der Waals surface area contributed by atoms with Crippen LogP contribution in [0.15, 0.2) is 66.9 Å². The minimum atomic E-state index is -3.31. The van der Waals surface area contributed by atoms with Gasteiger partial charge in [-0.15, -0.1) is 0 Å². The predicted octanol–water partition coefficient (Wildman–Crippen LogP) is 8.57. The average molecular weight is 887 g/mol. The lowest BCUT2D eigenvalue weighted by molar-refractivity contribution is -0.139. The van der Waals surface area contributed by atoms with Gasteiger partial charge in [0.1, 0.15) is 17.9 Å². The maximum atomic E-state index is 16.6. The van der Waals surface area contributed by atoms with Crippen LogP contribution in [0.1, 0.15) is 88.1 Å².